The Morgan fingerprint density at radius 1 is 1.54 bits per heavy atom. The first-order valence-electron chi connectivity index (χ1n) is 8.34. The number of amides is 1. The van der Waals surface area contributed by atoms with Gasteiger partial charge < -0.3 is 14.5 Å². The van der Waals surface area contributed by atoms with Crippen LogP contribution in [-0.4, -0.2) is 90.8 Å². The number of carbonyl (C=O) groups is 1. The lowest BCUT2D eigenvalue weighted by atomic mass is 10.1. The summed E-state index contributed by atoms with van der Waals surface area (Å²) >= 11 is 1.58. The number of thiazole rings is 1. The monoisotopic (exact) mass is 356 g/mol. The molecular weight excluding hydrogens is 331 g/mol. The molecule has 0 aromatic carbocycles. The number of carbonyl (C=O) groups excluding carboxylic acids is 1. The van der Waals surface area contributed by atoms with Gasteiger partial charge in [-0.15, -0.1) is 11.3 Å². The van der Waals surface area contributed by atoms with Crippen LogP contribution in [0.25, 0.3) is 0 Å². The molecule has 2 aliphatic rings. The van der Waals surface area contributed by atoms with E-state index in [0.29, 0.717) is 39.2 Å². The number of likely N-dealkylation sites (N-methyl/N-ethyl adjacent to an activating group) is 2. The Morgan fingerprint density at radius 3 is 3.08 bits per heavy atom. The topological polar surface area (TPSA) is 48.9 Å². The highest BCUT2D eigenvalue weighted by Crippen LogP contribution is 2.24. The molecule has 0 bridgehead atoms. The molecule has 1 aromatic rings. The largest absolute Gasteiger partial charge is 0.366 e. The van der Waals surface area contributed by atoms with Gasteiger partial charge in [0.1, 0.15) is 17.3 Å². The molecule has 0 radical (unpaired) electrons. The molecule has 2 fully saturated rings. The Bertz CT molecular complexity index is 544. The Labute approximate surface area is 146 Å². The minimum absolute atomic E-state index is 0.0157. The summed E-state index contributed by atoms with van der Waals surface area (Å²) in [5, 5.41) is 2.92. The Hall–Kier alpha value is -1.09. The van der Waals surface area contributed by atoms with Crippen molar-refractivity contribution in [2.45, 2.75) is 31.3 Å². The van der Waals surface area contributed by atoms with Crippen LogP contribution < -0.4 is 0 Å². The molecule has 0 N–H and O–H groups in total. The minimum Gasteiger partial charge on any atom is -0.366 e. The van der Waals surface area contributed by atoms with E-state index >= 15 is 0 Å². The van der Waals surface area contributed by atoms with Crippen molar-refractivity contribution in [1.29, 1.82) is 0 Å². The van der Waals surface area contributed by atoms with Crippen molar-refractivity contribution in [2.75, 3.05) is 46.9 Å². The van der Waals surface area contributed by atoms with E-state index in [2.05, 4.69) is 14.8 Å². The molecule has 6 nitrogen and oxygen atoms in total. The lowest BCUT2D eigenvalue weighted by Crippen LogP contribution is -2.51. The van der Waals surface area contributed by atoms with Crippen LogP contribution in [-0.2, 0) is 16.1 Å². The van der Waals surface area contributed by atoms with Crippen LogP contribution in [0.15, 0.2) is 11.6 Å². The Morgan fingerprint density at radius 2 is 2.38 bits per heavy atom. The third-order valence-corrected chi connectivity index (χ3v) is 5.47. The molecule has 24 heavy (non-hydrogen) atoms. The summed E-state index contributed by atoms with van der Waals surface area (Å²) in [6, 6.07) is 0.0270. The smallest absolute Gasteiger partial charge is 0.252 e. The highest BCUT2D eigenvalue weighted by molar-refractivity contribution is 7.09. The van der Waals surface area contributed by atoms with Crippen LogP contribution >= 0.6 is 11.3 Å². The van der Waals surface area contributed by atoms with E-state index in [-0.39, 0.29) is 11.9 Å². The van der Waals surface area contributed by atoms with Crippen LogP contribution in [0.4, 0.5) is 4.39 Å². The summed E-state index contributed by atoms with van der Waals surface area (Å²) in [6.45, 7) is 3.62. The number of aromatic nitrogens is 1. The summed E-state index contributed by atoms with van der Waals surface area (Å²) < 4.78 is 19.5. The van der Waals surface area contributed by atoms with Crippen LogP contribution in [0.2, 0.25) is 0 Å². The van der Waals surface area contributed by atoms with Crippen molar-refractivity contribution in [3.05, 3.63) is 16.6 Å². The molecule has 3 heterocycles. The third kappa shape index (κ3) is 4.30. The van der Waals surface area contributed by atoms with Crippen molar-refractivity contribution in [3.8, 4) is 0 Å². The molecule has 1 aromatic heterocycles. The van der Waals surface area contributed by atoms with Crippen molar-refractivity contribution in [3.63, 3.8) is 0 Å². The van der Waals surface area contributed by atoms with Crippen molar-refractivity contribution in [2.24, 2.45) is 0 Å². The molecule has 1 unspecified atom stereocenters. The number of hydrogen-bond acceptors (Lipinski definition) is 6. The molecular formula is C16H25FN4O2S. The number of likely N-dealkylation sites (tertiary alicyclic amines) is 1. The summed E-state index contributed by atoms with van der Waals surface area (Å²) in [6.07, 6.45) is 0.984. The number of hydrogen-bond donors (Lipinski definition) is 0. The second-order valence-electron chi connectivity index (χ2n) is 6.68. The number of alkyl halides is 1. The predicted octanol–water partition coefficient (Wildman–Crippen LogP) is 0.845. The molecule has 0 spiro atoms. The van der Waals surface area contributed by atoms with Gasteiger partial charge in [-0.2, -0.15) is 0 Å². The van der Waals surface area contributed by atoms with Gasteiger partial charge in [0.2, 0.25) is 0 Å². The maximum absolute atomic E-state index is 13.9. The summed E-state index contributed by atoms with van der Waals surface area (Å²) in [4.78, 5) is 22.8. The van der Waals surface area contributed by atoms with E-state index in [9.17, 15) is 9.18 Å². The van der Waals surface area contributed by atoms with Crippen molar-refractivity contribution < 1.29 is 13.9 Å². The fourth-order valence-electron chi connectivity index (χ4n) is 3.39. The highest BCUT2D eigenvalue weighted by Gasteiger charge is 2.35. The van der Waals surface area contributed by atoms with Crippen LogP contribution in [0.3, 0.4) is 0 Å². The molecule has 2 aliphatic heterocycles. The lowest BCUT2D eigenvalue weighted by molar-refractivity contribution is -0.148. The van der Waals surface area contributed by atoms with Gasteiger partial charge in [-0.3, -0.25) is 9.69 Å². The standard InChI is InChI=1S/C16H25FN4O2S/c1-19-4-5-23-14(10-19)16(22)20(2)9-13-7-12(17)8-21(13)11-15-18-3-6-24-15/h3,6,12-14H,4-5,7-11H2,1-2H3/t12-,13-,14?/m0/s1. The van der Waals surface area contributed by atoms with Crippen molar-refractivity contribution in [1.82, 2.24) is 19.7 Å². The first kappa shape index (κ1) is 17.7. The second-order valence-corrected chi connectivity index (χ2v) is 7.66. The van der Waals surface area contributed by atoms with Crippen LogP contribution in [0.1, 0.15) is 11.4 Å². The number of rotatable bonds is 5. The fourth-order valence-corrected chi connectivity index (χ4v) is 4.03. The van der Waals surface area contributed by atoms with Gasteiger partial charge in [0, 0.05) is 50.8 Å². The van der Waals surface area contributed by atoms with E-state index in [0.717, 1.165) is 11.6 Å². The average Bonchev–Trinajstić information content (AvgIpc) is 3.17. The highest BCUT2D eigenvalue weighted by atomic mass is 32.1. The van der Waals surface area contributed by atoms with E-state index in [1.54, 1.807) is 29.5 Å². The Kier molecular flexibility index (Phi) is 5.80. The normalized spacial score (nSPS) is 29.0. The summed E-state index contributed by atoms with van der Waals surface area (Å²) in [7, 11) is 3.77. The van der Waals surface area contributed by atoms with E-state index < -0.39 is 12.3 Å². The SMILES string of the molecule is CN1CCOC(C(=O)N(C)C[C@@H]2C[C@H](F)CN2Cc2nccs2)C1. The first-order chi connectivity index (χ1) is 11.5. The van der Waals surface area contributed by atoms with Gasteiger partial charge >= 0.3 is 0 Å². The fraction of sp³-hybridized carbons (Fsp3) is 0.750. The van der Waals surface area contributed by atoms with E-state index in [1.165, 1.54) is 0 Å². The Balaban J connectivity index is 1.57. The molecule has 134 valence electrons. The number of halogens is 1. The predicted molar refractivity (Wildman–Crippen MR) is 90.7 cm³/mol. The van der Waals surface area contributed by atoms with E-state index in [4.69, 9.17) is 4.74 Å². The minimum atomic E-state index is -0.837. The quantitative estimate of drug-likeness (QED) is 0.783. The summed E-state index contributed by atoms with van der Waals surface area (Å²) in [5.41, 5.74) is 0. The zero-order valence-corrected chi connectivity index (χ0v) is 15.0. The molecule has 0 saturated carbocycles. The molecule has 3 rings (SSSR count). The maximum atomic E-state index is 13.9. The molecule has 0 aliphatic carbocycles. The summed E-state index contributed by atoms with van der Waals surface area (Å²) in [5.74, 6) is -0.0157. The van der Waals surface area contributed by atoms with Gasteiger partial charge in [0.05, 0.1) is 13.2 Å². The molecule has 2 saturated heterocycles. The van der Waals surface area contributed by atoms with Gasteiger partial charge in [0.25, 0.3) is 5.91 Å². The van der Waals surface area contributed by atoms with Crippen molar-refractivity contribution >= 4 is 17.2 Å². The third-order valence-electron chi connectivity index (χ3n) is 4.70. The van der Waals surface area contributed by atoms with E-state index in [1.807, 2.05) is 12.4 Å². The molecule has 1 amide bonds. The average molecular weight is 356 g/mol. The van der Waals surface area contributed by atoms with Gasteiger partial charge in [-0.1, -0.05) is 0 Å². The van der Waals surface area contributed by atoms with Gasteiger partial charge in [-0.05, 0) is 13.5 Å². The molecule has 3 atom stereocenters. The number of morpholine rings is 1. The van der Waals surface area contributed by atoms with Crippen LogP contribution in [0, 0.1) is 0 Å². The maximum Gasteiger partial charge on any atom is 0.252 e. The number of nitrogens with zero attached hydrogens (tertiary/aromatic N) is 4. The lowest BCUT2D eigenvalue weighted by Gasteiger charge is -2.33. The van der Waals surface area contributed by atoms with Gasteiger partial charge in [-0.25, -0.2) is 9.37 Å². The zero-order valence-electron chi connectivity index (χ0n) is 14.2. The zero-order chi connectivity index (χ0) is 17.1. The van der Waals surface area contributed by atoms with Crippen LogP contribution in [0.5, 0.6) is 0 Å². The molecule has 8 heteroatoms. The second kappa shape index (κ2) is 7.86. The van der Waals surface area contributed by atoms with Gasteiger partial charge in [0.15, 0.2) is 0 Å². The first-order valence-corrected chi connectivity index (χ1v) is 9.22. The number of ether oxygens (including phenoxy) is 1.